The highest BCUT2D eigenvalue weighted by Gasteiger charge is 2.30. The molecule has 0 aromatic carbocycles. The summed E-state index contributed by atoms with van der Waals surface area (Å²) in [5.74, 6) is 1.15. The fourth-order valence-electron chi connectivity index (χ4n) is 2.28. The zero-order valence-electron chi connectivity index (χ0n) is 12.0. The summed E-state index contributed by atoms with van der Waals surface area (Å²) < 4.78 is 2.31. The normalized spacial score (nSPS) is 17.2. The Balaban J connectivity index is 2.42. The van der Waals surface area contributed by atoms with Crippen LogP contribution in [-0.4, -0.2) is 21.6 Å². The minimum Gasteiger partial charge on any atom is -0.337 e. The molecule has 0 N–H and O–H groups in total. The number of nitrogens with zero attached hydrogens (tertiary/aromatic N) is 3. The average molecular weight is 235 g/mol. The van der Waals surface area contributed by atoms with Gasteiger partial charge in [-0.2, -0.15) is 0 Å². The molecule has 0 amide bonds. The van der Waals surface area contributed by atoms with Crippen LogP contribution >= 0.6 is 0 Å². The van der Waals surface area contributed by atoms with E-state index in [1.165, 1.54) is 12.1 Å². The molecular weight excluding hydrogens is 210 g/mol. The summed E-state index contributed by atoms with van der Waals surface area (Å²) in [4.78, 5) is 7.28. The van der Waals surface area contributed by atoms with E-state index in [4.69, 9.17) is 4.98 Å². The van der Waals surface area contributed by atoms with Gasteiger partial charge in [0.1, 0.15) is 0 Å². The molecule has 0 fully saturated rings. The maximum absolute atomic E-state index is 4.86. The SMILES string of the molecule is CC(C)(C)c1cn2c(n1)N(C(C)(C)C)CCC2. The van der Waals surface area contributed by atoms with Gasteiger partial charge in [0, 0.05) is 30.2 Å². The predicted octanol–water partition coefficient (Wildman–Crippen LogP) is 3.19. The summed E-state index contributed by atoms with van der Waals surface area (Å²) in [6.07, 6.45) is 3.44. The number of hydrogen-bond acceptors (Lipinski definition) is 2. The second-order valence-corrected chi connectivity index (χ2v) is 7.05. The van der Waals surface area contributed by atoms with Crippen molar-refractivity contribution in [1.29, 1.82) is 0 Å². The molecule has 3 heteroatoms. The van der Waals surface area contributed by atoms with E-state index in [0.29, 0.717) is 0 Å². The number of hydrogen-bond donors (Lipinski definition) is 0. The first kappa shape index (κ1) is 12.5. The largest absolute Gasteiger partial charge is 0.337 e. The van der Waals surface area contributed by atoms with Crippen molar-refractivity contribution in [3.05, 3.63) is 11.9 Å². The van der Waals surface area contributed by atoms with Gasteiger partial charge in [0.2, 0.25) is 5.95 Å². The maximum atomic E-state index is 4.86. The standard InChI is InChI=1S/C14H25N3/c1-13(2,3)11-10-16-8-7-9-17(12(16)15-11)14(4,5)6/h10H,7-9H2,1-6H3. The molecule has 2 heterocycles. The van der Waals surface area contributed by atoms with Crippen molar-refractivity contribution in [2.24, 2.45) is 0 Å². The van der Waals surface area contributed by atoms with E-state index in [1.807, 2.05) is 0 Å². The van der Waals surface area contributed by atoms with Crippen LogP contribution in [0.1, 0.15) is 53.7 Å². The summed E-state index contributed by atoms with van der Waals surface area (Å²) in [6.45, 7) is 15.7. The van der Waals surface area contributed by atoms with Crippen molar-refractivity contribution in [3.8, 4) is 0 Å². The molecule has 3 nitrogen and oxygen atoms in total. The lowest BCUT2D eigenvalue weighted by molar-refractivity contribution is 0.438. The third kappa shape index (κ3) is 2.33. The van der Waals surface area contributed by atoms with Crippen LogP contribution in [0.25, 0.3) is 0 Å². The van der Waals surface area contributed by atoms with E-state index in [2.05, 4.69) is 57.2 Å². The minimum absolute atomic E-state index is 0.133. The van der Waals surface area contributed by atoms with E-state index in [-0.39, 0.29) is 11.0 Å². The Bertz CT molecular complexity index is 404. The summed E-state index contributed by atoms with van der Waals surface area (Å²) in [5, 5.41) is 0. The van der Waals surface area contributed by atoms with E-state index in [0.717, 1.165) is 19.0 Å². The average Bonchev–Trinajstić information content (AvgIpc) is 2.57. The van der Waals surface area contributed by atoms with Crippen LogP contribution in [0.5, 0.6) is 0 Å². The van der Waals surface area contributed by atoms with Gasteiger partial charge < -0.3 is 9.47 Å². The van der Waals surface area contributed by atoms with Crippen molar-refractivity contribution in [2.45, 2.75) is 65.5 Å². The van der Waals surface area contributed by atoms with Crippen LogP contribution in [-0.2, 0) is 12.0 Å². The fourth-order valence-corrected chi connectivity index (χ4v) is 2.28. The molecule has 0 aliphatic carbocycles. The number of imidazole rings is 1. The van der Waals surface area contributed by atoms with Crippen molar-refractivity contribution in [1.82, 2.24) is 9.55 Å². The molecule has 0 saturated heterocycles. The first-order valence-corrected chi connectivity index (χ1v) is 6.55. The predicted molar refractivity (Wildman–Crippen MR) is 72.6 cm³/mol. The Morgan fingerprint density at radius 3 is 2.24 bits per heavy atom. The molecule has 17 heavy (non-hydrogen) atoms. The highest BCUT2D eigenvalue weighted by atomic mass is 15.4. The molecule has 0 atom stereocenters. The molecule has 1 aromatic heterocycles. The second kappa shape index (κ2) is 3.76. The van der Waals surface area contributed by atoms with Gasteiger partial charge in [0.15, 0.2) is 0 Å². The Morgan fingerprint density at radius 1 is 1.06 bits per heavy atom. The van der Waals surface area contributed by atoms with Crippen LogP contribution < -0.4 is 4.90 Å². The van der Waals surface area contributed by atoms with Crippen LogP contribution in [0.3, 0.4) is 0 Å². The molecule has 0 radical (unpaired) electrons. The number of rotatable bonds is 0. The Labute approximate surface area is 105 Å². The highest BCUT2D eigenvalue weighted by molar-refractivity contribution is 5.39. The van der Waals surface area contributed by atoms with Crippen LogP contribution in [0.15, 0.2) is 6.20 Å². The molecule has 1 aliphatic heterocycles. The number of fused-ring (bicyclic) bond motifs is 1. The molecule has 2 rings (SSSR count). The van der Waals surface area contributed by atoms with Gasteiger partial charge >= 0.3 is 0 Å². The van der Waals surface area contributed by atoms with E-state index >= 15 is 0 Å². The number of aromatic nitrogens is 2. The molecule has 0 unspecified atom stereocenters. The third-order valence-corrected chi connectivity index (χ3v) is 3.36. The highest BCUT2D eigenvalue weighted by Crippen LogP contribution is 2.31. The molecule has 0 bridgehead atoms. The van der Waals surface area contributed by atoms with Crippen molar-refractivity contribution >= 4 is 5.95 Å². The fraction of sp³-hybridized carbons (Fsp3) is 0.786. The van der Waals surface area contributed by atoms with Gasteiger partial charge in [-0.25, -0.2) is 4.98 Å². The molecule has 96 valence electrons. The smallest absolute Gasteiger partial charge is 0.206 e. The van der Waals surface area contributed by atoms with Crippen LogP contribution in [0, 0.1) is 0 Å². The summed E-state index contributed by atoms with van der Waals surface area (Å²) >= 11 is 0. The van der Waals surface area contributed by atoms with Crippen LogP contribution in [0.2, 0.25) is 0 Å². The lowest BCUT2D eigenvalue weighted by Gasteiger charge is -2.39. The van der Waals surface area contributed by atoms with Crippen molar-refractivity contribution < 1.29 is 0 Å². The van der Waals surface area contributed by atoms with Gasteiger partial charge in [-0.1, -0.05) is 20.8 Å². The van der Waals surface area contributed by atoms with E-state index < -0.39 is 0 Å². The topological polar surface area (TPSA) is 21.1 Å². The zero-order chi connectivity index (χ0) is 12.8. The zero-order valence-corrected chi connectivity index (χ0v) is 12.0. The van der Waals surface area contributed by atoms with Gasteiger partial charge in [0.25, 0.3) is 0 Å². The van der Waals surface area contributed by atoms with Crippen molar-refractivity contribution in [3.63, 3.8) is 0 Å². The molecular formula is C14H25N3. The molecule has 0 saturated carbocycles. The first-order chi connectivity index (χ1) is 7.69. The van der Waals surface area contributed by atoms with Crippen LogP contribution in [0.4, 0.5) is 5.95 Å². The lowest BCUT2D eigenvalue weighted by Crippen LogP contribution is -2.46. The summed E-state index contributed by atoms with van der Waals surface area (Å²) in [6, 6.07) is 0. The van der Waals surface area contributed by atoms with Gasteiger partial charge in [-0.05, 0) is 27.2 Å². The number of aryl methyl sites for hydroxylation is 1. The monoisotopic (exact) mass is 235 g/mol. The molecule has 1 aliphatic rings. The van der Waals surface area contributed by atoms with E-state index in [1.54, 1.807) is 0 Å². The number of anilines is 1. The first-order valence-electron chi connectivity index (χ1n) is 6.55. The molecule has 1 aromatic rings. The van der Waals surface area contributed by atoms with E-state index in [9.17, 15) is 0 Å². The quantitative estimate of drug-likeness (QED) is 0.688. The van der Waals surface area contributed by atoms with Gasteiger partial charge in [0.05, 0.1) is 5.69 Å². The minimum atomic E-state index is 0.133. The molecule has 0 spiro atoms. The second-order valence-electron chi connectivity index (χ2n) is 7.05. The Hall–Kier alpha value is -0.990. The Morgan fingerprint density at radius 2 is 1.71 bits per heavy atom. The Kier molecular flexibility index (Phi) is 2.75. The van der Waals surface area contributed by atoms with Gasteiger partial charge in [-0.15, -0.1) is 0 Å². The maximum Gasteiger partial charge on any atom is 0.206 e. The lowest BCUT2D eigenvalue weighted by atomic mass is 9.93. The third-order valence-electron chi connectivity index (χ3n) is 3.36. The summed E-state index contributed by atoms with van der Waals surface area (Å²) in [5.41, 5.74) is 1.48. The summed E-state index contributed by atoms with van der Waals surface area (Å²) in [7, 11) is 0. The van der Waals surface area contributed by atoms with Gasteiger partial charge in [-0.3, -0.25) is 0 Å². The van der Waals surface area contributed by atoms with Crippen molar-refractivity contribution in [2.75, 3.05) is 11.4 Å².